The highest BCUT2D eigenvalue weighted by atomic mass is 16.3. The Balaban J connectivity index is 1.52. The van der Waals surface area contributed by atoms with Crippen molar-refractivity contribution in [2.24, 2.45) is 0 Å². The van der Waals surface area contributed by atoms with Crippen molar-refractivity contribution in [1.29, 1.82) is 0 Å². The van der Waals surface area contributed by atoms with Gasteiger partial charge in [0.05, 0.1) is 12.8 Å². The molecule has 0 saturated heterocycles. The van der Waals surface area contributed by atoms with Crippen LogP contribution in [0.25, 0.3) is 0 Å². The van der Waals surface area contributed by atoms with Crippen LogP contribution in [0, 0.1) is 0 Å². The van der Waals surface area contributed by atoms with E-state index in [4.69, 9.17) is 4.42 Å². The number of carbonyl (C=O) groups is 1. The Morgan fingerprint density at radius 1 is 1.04 bits per heavy atom. The fraction of sp³-hybridized carbons (Fsp3) is 0.450. The lowest BCUT2D eigenvalue weighted by atomic mass is 10.1. The van der Waals surface area contributed by atoms with E-state index in [1.165, 1.54) is 38.5 Å². The molecule has 1 saturated carbocycles. The first-order valence-electron chi connectivity index (χ1n) is 8.94. The summed E-state index contributed by atoms with van der Waals surface area (Å²) >= 11 is 0. The second-order valence-corrected chi connectivity index (χ2v) is 6.53. The summed E-state index contributed by atoms with van der Waals surface area (Å²) in [6.07, 6.45) is 9.53. The molecule has 1 fully saturated rings. The highest BCUT2D eigenvalue weighted by molar-refractivity contribution is 5.94. The summed E-state index contributed by atoms with van der Waals surface area (Å²) < 4.78 is 5.23. The van der Waals surface area contributed by atoms with E-state index in [1.54, 1.807) is 6.26 Å². The van der Waals surface area contributed by atoms with Gasteiger partial charge in [-0.3, -0.25) is 4.79 Å². The Labute approximate surface area is 143 Å². The van der Waals surface area contributed by atoms with Crippen LogP contribution in [0.5, 0.6) is 0 Å². The molecule has 0 aliphatic heterocycles. The maximum atomic E-state index is 12.3. The first kappa shape index (κ1) is 16.8. The van der Waals surface area contributed by atoms with Crippen molar-refractivity contribution >= 4 is 5.91 Å². The number of hydrogen-bond acceptors (Lipinski definition) is 3. The van der Waals surface area contributed by atoms with E-state index in [9.17, 15) is 4.79 Å². The summed E-state index contributed by atoms with van der Waals surface area (Å²) in [4.78, 5) is 12.3. The van der Waals surface area contributed by atoms with Crippen molar-refractivity contribution in [3.63, 3.8) is 0 Å². The number of furan rings is 1. The minimum atomic E-state index is -0.0669. The summed E-state index contributed by atoms with van der Waals surface area (Å²) in [5.41, 5.74) is 1.85. The normalized spacial score (nSPS) is 15.8. The van der Waals surface area contributed by atoms with Gasteiger partial charge in [-0.05, 0) is 42.7 Å². The molecule has 128 valence electrons. The smallest absolute Gasteiger partial charge is 0.251 e. The van der Waals surface area contributed by atoms with Crippen molar-refractivity contribution < 1.29 is 9.21 Å². The molecule has 2 aromatic rings. The molecule has 0 unspecified atom stereocenters. The van der Waals surface area contributed by atoms with Crippen LogP contribution < -0.4 is 10.6 Å². The first-order valence-corrected chi connectivity index (χ1v) is 8.94. The van der Waals surface area contributed by atoms with Gasteiger partial charge in [0, 0.05) is 18.2 Å². The number of nitrogens with one attached hydrogen (secondary N) is 2. The number of benzene rings is 1. The molecule has 3 rings (SSSR count). The average Bonchev–Trinajstić information content (AvgIpc) is 3.00. The molecule has 0 atom stereocenters. The summed E-state index contributed by atoms with van der Waals surface area (Å²) in [6, 6.07) is 12.1. The van der Waals surface area contributed by atoms with Gasteiger partial charge in [-0.1, -0.05) is 37.8 Å². The highest BCUT2D eigenvalue weighted by Crippen LogP contribution is 2.17. The van der Waals surface area contributed by atoms with E-state index < -0.39 is 0 Å². The van der Waals surface area contributed by atoms with Gasteiger partial charge in [-0.25, -0.2) is 0 Å². The molecular formula is C20H26N2O2. The zero-order valence-corrected chi connectivity index (χ0v) is 14.1. The summed E-state index contributed by atoms with van der Waals surface area (Å²) in [5.74, 6) is 0.692. The predicted molar refractivity (Wildman–Crippen MR) is 94.6 cm³/mol. The van der Waals surface area contributed by atoms with Crippen molar-refractivity contribution in [2.45, 2.75) is 57.7 Å². The molecular weight excluding hydrogens is 300 g/mol. The lowest BCUT2D eigenvalue weighted by molar-refractivity contribution is 0.0948. The molecule has 1 aromatic carbocycles. The zero-order chi connectivity index (χ0) is 16.6. The van der Waals surface area contributed by atoms with Gasteiger partial charge in [0.1, 0.15) is 5.76 Å². The van der Waals surface area contributed by atoms with E-state index in [2.05, 4.69) is 16.7 Å². The van der Waals surface area contributed by atoms with Crippen LogP contribution in [0.4, 0.5) is 0 Å². The maximum Gasteiger partial charge on any atom is 0.251 e. The number of rotatable bonds is 6. The molecule has 4 nitrogen and oxygen atoms in total. The molecule has 0 radical (unpaired) electrons. The van der Waals surface area contributed by atoms with Gasteiger partial charge < -0.3 is 15.1 Å². The van der Waals surface area contributed by atoms with Crippen LogP contribution in [0.1, 0.15) is 60.2 Å². The summed E-state index contributed by atoms with van der Waals surface area (Å²) in [7, 11) is 0. The van der Waals surface area contributed by atoms with Crippen molar-refractivity contribution in [1.82, 2.24) is 10.6 Å². The van der Waals surface area contributed by atoms with Crippen LogP contribution in [-0.2, 0) is 13.1 Å². The summed E-state index contributed by atoms with van der Waals surface area (Å²) in [6.45, 7) is 1.24. The molecule has 24 heavy (non-hydrogen) atoms. The Morgan fingerprint density at radius 2 is 1.88 bits per heavy atom. The summed E-state index contributed by atoms with van der Waals surface area (Å²) in [5, 5.41) is 6.54. The molecule has 1 aromatic heterocycles. The fourth-order valence-corrected chi connectivity index (χ4v) is 3.25. The Hall–Kier alpha value is -2.07. The lowest BCUT2D eigenvalue weighted by Crippen LogP contribution is -2.28. The van der Waals surface area contributed by atoms with Crippen molar-refractivity contribution in [3.05, 3.63) is 59.5 Å². The predicted octanol–water partition coefficient (Wildman–Crippen LogP) is 4.02. The molecule has 1 aliphatic carbocycles. The monoisotopic (exact) mass is 326 g/mol. The molecule has 1 heterocycles. The van der Waals surface area contributed by atoms with Gasteiger partial charge in [-0.2, -0.15) is 0 Å². The SMILES string of the molecule is O=C(NCc1ccco1)c1cccc(CNC2CCCCCC2)c1. The number of hydrogen-bond donors (Lipinski definition) is 2. The number of amides is 1. The molecule has 2 N–H and O–H groups in total. The van der Waals surface area contributed by atoms with Gasteiger partial charge in [0.25, 0.3) is 5.91 Å². The molecule has 1 aliphatic rings. The molecule has 4 heteroatoms. The van der Waals surface area contributed by atoms with E-state index in [-0.39, 0.29) is 5.91 Å². The zero-order valence-electron chi connectivity index (χ0n) is 14.1. The van der Waals surface area contributed by atoms with Crippen molar-refractivity contribution in [3.8, 4) is 0 Å². The standard InChI is InChI=1S/C20H26N2O2/c23-20(22-15-19-11-6-12-24-19)17-8-5-7-16(13-17)14-21-18-9-3-1-2-4-10-18/h5-8,11-13,18,21H,1-4,9-10,14-15H2,(H,22,23). The third kappa shape index (κ3) is 4.96. The lowest BCUT2D eigenvalue weighted by Gasteiger charge is -2.16. The average molecular weight is 326 g/mol. The van der Waals surface area contributed by atoms with E-state index in [0.29, 0.717) is 18.2 Å². The van der Waals surface area contributed by atoms with Crippen molar-refractivity contribution in [2.75, 3.05) is 0 Å². The van der Waals surface area contributed by atoms with Gasteiger partial charge >= 0.3 is 0 Å². The van der Waals surface area contributed by atoms with Crippen LogP contribution in [0.15, 0.2) is 47.1 Å². The van der Waals surface area contributed by atoms with E-state index in [1.807, 2.05) is 30.3 Å². The Kier molecular flexibility index (Phi) is 6.07. The van der Waals surface area contributed by atoms with E-state index in [0.717, 1.165) is 17.9 Å². The van der Waals surface area contributed by atoms with Gasteiger partial charge in [0.2, 0.25) is 0 Å². The minimum absolute atomic E-state index is 0.0669. The Morgan fingerprint density at radius 3 is 2.62 bits per heavy atom. The topological polar surface area (TPSA) is 54.3 Å². The van der Waals surface area contributed by atoms with E-state index >= 15 is 0 Å². The van der Waals surface area contributed by atoms with Crippen LogP contribution in [0.2, 0.25) is 0 Å². The fourth-order valence-electron chi connectivity index (χ4n) is 3.25. The minimum Gasteiger partial charge on any atom is -0.467 e. The quantitative estimate of drug-likeness (QED) is 0.788. The first-order chi connectivity index (χ1) is 11.8. The van der Waals surface area contributed by atoms with Crippen LogP contribution in [0.3, 0.4) is 0 Å². The van der Waals surface area contributed by atoms with Gasteiger partial charge in [0.15, 0.2) is 0 Å². The third-order valence-corrected chi connectivity index (χ3v) is 4.64. The molecule has 0 bridgehead atoms. The largest absolute Gasteiger partial charge is 0.467 e. The Bertz CT molecular complexity index is 629. The van der Waals surface area contributed by atoms with Crippen LogP contribution >= 0.6 is 0 Å². The van der Waals surface area contributed by atoms with Crippen LogP contribution in [-0.4, -0.2) is 11.9 Å². The highest BCUT2D eigenvalue weighted by Gasteiger charge is 2.12. The second kappa shape index (κ2) is 8.69. The van der Waals surface area contributed by atoms with Gasteiger partial charge in [-0.15, -0.1) is 0 Å². The number of carbonyl (C=O) groups excluding carboxylic acids is 1. The third-order valence-electron chi connectivity index (χ3n) is 4.64. The maximum absolute atomic E-state index is 12.3. The molecule has 0 spiro atoms. The second-order valence-electron chi connectivity index (χ2n) is 6.53. The molecule has 1 amide bonds.